The number of nitrogens with one attached hydrogen (secondary N) is 2. The normalized spacial score (nSPS) is 10.3. The van der Waals surface area contributed by atoms with Gasteiger partial charge in [0.15, 0.2) is 0 Å². The first-order chi connectivity index (χ1) is 13.8. The zero-order valence-electron chi connectivity index (χ0n) is 17.1. The number of carbonyl (C=O) groups is 2. The highest BCUT2D eigenvalue weighted by atomic mass is 16.2. The van der Waals surface area contributed by atoms with Gasteiger partial charge in [0, 0.05) is 42.3 Å². The van der Waals surface area contributed by atoms with E-state index >= 15 is 0 Å². The molecular weight excluding hydrogens is 362 g/mol. The molecule has 0 aliphatic heterocycles. The molecule has 29 heavy (non-hydrogen) atoms. The fourth-order valence-corrected chi connectivity index (χ4v) is 3.02. The van der Waals surface area contributed by atoms with Crippen molar-refractivity contribution in [2.75, 3.05) is 29.6 Å². The Morgan fingerprint density at radius 3 is 1.66 bits per heavy atom. The molecule has 0 unspecified atom stereocenters. The van der Waals surface area contributed by atoms with Crippen LogP contribution in [0.5, 0.6) is 0 Å². The van der Waals surface area contributed by atoms with Crippen molar-refractivity contribution < 1.29 is 9.59 Å². The van der Waals surface area contributed by atoms with Gasteiger partial charge in [0.05, 0.1) is 0 Å². The van der Waals surface area contributed by atoms with Crippen LogP contribution >= 0.6 is 0 Å². The molecule has 3 rings (SSSR count). The quantitative estimate of drug-likeness (QED) is 0.656. The molecule has 0 saturated carbocycles. The van der Waals surface area contributed by atoms with Crippen LogP contribution < -0.4 is 15.5 Å². The van der Waals surface area contributed by atoms with Gasteiger partial charge < -0.3 is 15.5 Å². The fraction of sp³-hybridized carbons (Fsp3) is 0.167. The van der Waals surface area contributed by atoms with Gasteiger partial charge in [0.1, 0.15) is 0 Å². The third-order valence-electron chi connectivity index (χ3n) is 4.77. The molecule has 3 aromatic carbocycles. The van der Waals surface area contributed by atoms with Crippen LogP contribution in [0.4, 0.5) is 17.1 Å². The molecule has 2 N–H and O–H groups in total. The Morgan fingerprint density at radius 2 is 1.17 bits per heavy atom. The molecule has 0 aromatic heterocycles. The summed E-state index contributed by atoms with van der Waals surface area (Å²) < 4.78 is 0. The van der Waals surface area contributed by atoms with E-state index < -0.39 is 0 Å². The first kappa shape index (κ1) is 20.1. The molecule has 0 aliphatic carbocycles. The monoisotopic (exact) mass is 387 g/mol. The van der Waals surface area contributed by atoms with E-state index in [9.17, 15) is 9.59 Å². The Kier molecular flexibility index (Phi) is 5.98. The van der Waals surface area contributed by atoms with Gasteiger partial charge in [-0.15, -0.1) is 0 Å². The summed E-state index contributed by atoms with van der Waals surface area (Å²) in [7, 11) is 3.93. The van der Waals surface area contributed by atoms with E-state index in [-0.39, 0.29) is 11.8 Å². The lowest BCUT2D eigenvalue weighted by atomic mass is 10.1. The summed E-state index contributed by atoms with van der Waals surface area (Å²) >= 11 is 0. The molecule has 0 fully saturated rings. The summed E-state index contributed by atoms with van der Waals surface area (Å²) in [5, 5.41) is 5.82. The number of para-hydroxylation sites is 1. The fourth-order valence-electron chi connectivity index (χ4n) is 3.02. The maximum Gasteiger partial charge on any atom is 0.255 e. The molecule has 0 radical (unpaired) electrons. The molecule has 0 atom stereocenters. The van der Waals surface area contributed by atoms with Crippen LogP contribution in [-0.2, 0) is 0 Å². The zero-order chi connectivity index (χ0) is 21.0. The second-order valence-corrected chi connectivity index (χ2v) is 7.19. The zero-order valence-corrected chi connectivity index (χ0v) is 17.1. The minimum absolute atomic E-state index is 0.200. The lowest BCUT2D eigenvalue weighted by Crippen LogP contribution is -2.15. The molecule has 5 heteroatoms. The van der Waals surface area contributed by atoms with Gasteiger partial charge in [-0.3, -0.25) is 9.59 Å². The van der Waals surface area contributed by atoms with Gasteiger partial charge in [0.25, 0.3) is 11.8 Å². The van der Waals surface area contributed by atoms with Crippen molar-refractivity contribution in [1.29, 1.82) is 0 Å². The van der Waals surface area contributed by atoms with E-state index in [2.05, 4.69) is 10.6 Å². The van der Waals surface area contributed by atoms with Crippen molar-refractivity contribution in [3.05, 3.63) is 89.0 Å². The van der Waals surface area contributed by atoms with Gasteiger partial charge >= 0.3 is 0 Å². The second-order valence-electron chi connectivity index (χ2n) is 7.19. The van der Waals surface area contributed by atoms with Crippen molar-refractivity contribution in [2.24, 2.45) is 0 Å². The highest BCUT2D eigenvalue weighted by Crippen LogP contribution is 2.21. The van der Waals surface area contributed by atoms with Crippen LogP contribution in [-0.4, -0.2) is 25.9 Å². The summed E-state index contributed by atoms with van der Waals surface area (Å²) in [4.78, 5) is 27.0. The predicted octanol–water partition coefficient (Wildman–Crippen LogP) is 4.87. The van der Waals surface area contributed by atoms with Gasteiger partial charge in [-0.25, -0.2) is 0 Å². The average molecular weight is 387 g/mol. The molecule has 3 aromatic rings. The third kappa shape index (κ3) is 4.82. The van der Waals surface area contributed by atoms with Crippen LogP contribution in [0.1, 0.15) is 31.8 Å². The Bertz CT molecular complexity index is 1000. The summed E-state index contributed by atoms with van der Waals surface area (Å²) in [6.07, 6.45) is 0. The molecule has 0 saturated heterocycles. The summed E-state index contributed by atoms with van der Waals surface area (Å²) in [6.45, 7) is 3.92. The number of benzene rings is 3. The van der Waals surface area contributed by atoms with E-state index in [1.807, 2.05) is 75.3 Å². The Balaban J connectivity index is 1.67. The van der Waals surface area contributed by atoms with Crippen molar-refractivity contribution in [3.8, 4) is 0 Å². The van der Waals surface area contributed by atoms with Gasteiger partial charge in [-0.2, -0.15) is 0 Å². The predicted molar refractivity (Wildman–Crippen MR) is 119 cm³/mol. The number of anilines is 3. The molecular formula is C24H25N3O2. The van der Waals surface area contributed by atoms with Gasteiger partial charge in [0.2, 0.25) is 0 Å². The van der Waals surface area contributed by atoms with Gasteiger partial charge in [-0.1, -0.05) is 18.2 Å². The number of rotatable bonds is 5. The minimum atomic E-state index is -0.218. The van der Waals surface area contributed by atoms with Crippen LogP contribution in [0.3, 0.4) is 0 Å². The molecule has 0 bridgehead atoms. The van der Waals surface area contributed by atoms with Crippen LogP contribution in [0.2, 0.25) is 0 Å². The number of aryl methyl sites for hydroxylation is 2. The van der Waals surface area contributed by atoms with Gasteiger partial charge in [-0.05, 0) is 73.5 Å². The van der Waals surface area contributed by atoms with Crippen molar-refractivity contribution in [1.82, 2.24) is 0 Å². The molecule has 0 spiro atoms. The average Bonchev–Trinajstić information content (AvgIpc) is 2.71. The topological polar surface area (TPSA) is 61.4 Å². The number of hydrogen-bond acceptors (Lipinski definition) is 3. The molecule has 2 amide bonds. The second kappa shape index (κ2) is 8.61. The van der Waals surface area contributed by atoms with E-state index in [0.29, 0.717) is 11.1 Å². The third-order valence-corrected chi connectivity index (χ3v) is 4.77. The first-order valence-electron chi connectivity index (χ1n) is 9.41. The van der Waals surface area contributed by atoms with Crippen molar-refractivity contribution in [2.45, 2.75) is 13.8 Å². The van der Waals surface area contributed by atoms with Crippen LogP contribution in [0.25, 0.3) is 0 Å². The highest BCUT2D eigenvalue weighted by Gasteiger charge is 2.12. The maximum absolute atomic E-state index is 12.6. The number of carbonyl (C=O) groups excluding carboxylic acids is 2. The lowest BCUT2D eigenvalue weighted by Gasteiger charge is -2.13. The van der Waals surface area contributed by atoms with E-state index in [4.69, 9.17) is 0 Å². The van der Waals surface area contributed by atoms with E-state index in [0.717, 1.165) is 28.2 Å². The van der Waals surface area contributed by atoms with E-state index in [1.165, 1.54) is 0 Å². The molecule has 148 valence electrons. The van der Waals surface area contributed by atoms with E-state index in [1.54, 1.807) is 24.3 Å². The summed E-state index contributed by atoms with van der Waals surface area (Å²) in [5.41, 5.74) is 5.61. The Hall–Kier alpha value is -3.60. The largest absolute Gasteiger partial charge is 0.378 e. The maximum atomic E-state index is 12.6. The molecule has 0 aliphatic rings. The highest BCUT2D eigenvalue weighted by molar-refractivity contribution is 6.07. The summed E-state index contributed by atoms with van der Waals surface area (Å²) in [5.74, 6) is -0.419. The van der Waals surface area contributed by atoms with Crippen LogP contribution in [0, 0.1) is 13.8 Å². The Labute approximate surface area is 171 Å². The smallest absolute Gasteiger partial charge is 0.255 e. The number of hydrogen-bond donors (Lipinski definition) is 2. The number of amides is 2. The minimum Gasteiger partial charge on any atom is -0.378 e. The first-order valence-corrected chi connectivity index (χ1v) is 9.41. The summed E-state index contributed by atoms with van der Waals surface area (Å²) in [6, 6.07) is 20.1. The standard InChI is InChI=1S/C24H25N3O2/c1-16-6-5-7-17(2)22(16)26-24(29)19-10-8-18(9-11-19)23(28)25-20-12-14-21(15-13-20)27(3)4/h5-15H,1-4H3,(H,25,28)(H,26,29). The number of nitrogens with zero attached hydrogens (tertiary/aromatic N) is 1. The molecule has 0 heterocycles. The van der Waals surface area contributed by atoms with Crippen molar-refractivity contribution >= 4 is 28.9 Å². The lowest BCUT2D eigenvalue weighted by molar-refractivity contribution is 0.101. The molecule has 5 nitrogen and oxygen atoms in total. The Morgan fingerprint density at radius 1 is 0.690 bits per heavy atom. The van der Waals surface area contributed by atoms with Crippen molar-refractivity contribution in [3.63, 3.8) is 0 Å². The van der Waals surface area contributed by atoms with Crippen LogP contribution in [0.15, 0.2) is 66.7 Å². The SMILES string of the molecule is Cc1cccc(C)c1NC(=O)c1ccc(C(=O)Nc2ccc(N(C)C)cc2)cc1.